The van der Waals surface area contributed by atoms with Crippen molar-refractivity contribution in [2.75, 3.05) is 0 Å². The standard InChI is InChI=1S/C35H30FN7O2/c36-28-7-1-5-22(17-37)31(28)23-9-11-25(40-19-23)20-43(30-8-2-4-21-6-3-15-39-32(21)30)34(45)35(13-14-35)24-10-12-26-27(16-24)29(18-38)41-42-33(26)44/h1,3,5-7,9-12,15-16,19,30H,2,4,8,13-14,18,20,38H2,(H,42,44). The average molecular weight is 600 g/mol. The van der Waals surface area contributed by atoms with Gasteiger partial charge < -0.3 is 10.6 Å². The molecule has 0 spiro atoms. The SMILES string of the molecule is N#Cc1cccc(F)c1-c1ccc(CN(C(=O)C2(c3ccc4c(=O)[nH]nc(CN)c4c3)CC2)C2CCCc3cccnc32)nc1. The fourth-order valence-corrected chi connectivity index (χ4v) is 6.66. The minimum atomic E-state index is -0.760. The molecule has 45 heavy (non-hydrogen) atoms. The molecule has 0 saturated heterocycles. The number of nitrogens with two attached hydrogens (primary N) is 1. The Hall–Kier alpha value is -5.27. The van der Waals surface area contributed by atoms with Crippen molar-refractivity contribution in [3.05, 3.63) is 123 Å². The lowest BCUT2D eigenvalue weighted by molar-refractivity contribution is -0.137. The monoisotopic (exact) mass is 599 g/mol. The number of aromatic amines is 1. The molecule has 0 bridgehead atoms. The van der Waals surface area contributed by atoms with E-state index >= 15 is 0 Å². The van der Waals surface area contributed by atoms with Gasteiger partial charge in [-0.05, 0) is 79.6 Å². The van der Waals surface area contributed by atoms with E-state index in [1.165, 1.54) is 12.1 Å². The summed E-state index contributed by atoms with van der Waals surface area (Å²) in [6.45, 7) is 0.380. The van der Waals surface area contributed by atoms with Crippen molar-refractivity contribution in [3.8, 4) is 17.2 Å². The van der Waals surface area contributed by atoms with Crippen molar-refractivity contribution in [2.45, 2.75) is 56.7 Å². The molecule has 2 aliphatic carbocycles. The molecule has 0 radical (unpaired) electrons. The first-order chi connectivity index (χ1) is 21.9. The van der Waals surface area contributed by atoms with Crippen LogP contribution in [-0.4, -0.2) is 31.0 Å². The van der Waals surface area contributed by atoms with E-state index in [4.69, 9.17) is 10.7 Å². The minimum absolute atomic E-state index is 0.0239. The molecule has 3 N–H and O–H groups in total. The van der Waals surface area contributed by atoms with Crippen LogP contribution in [0.25, 0.3) is 21.9 Å². The highest BCUT2D eigenvalue weighted by atomic mass is 19.1. The van der Waals surface area contributed by atoms with Crippen LogP contribution in [0.5, 0.6) is 0 Å². The number of pyridine rings is 2. The predicted octanol–water partition coefficient (Wildman–Crippen LogP) is 4.99. The number of fused-ring (bicyclic) bond motifs is 2. The van der Waals surface area contributed by atoms with Crippen LogP contribution in [0.15, 0.2) is 77.9 Å². The second kappa shape index (κ2) is 11.3. The number of nitrogens with zero attached hydrogens (tertiary/aromatic N) is 5. The Balaban J connectivity index is 1.28. The van der Waals surface area contributed by atoms with Gasteiger partial charge in [-0.25, -0.2) is 9.49 Å². The van der Waals surface area contributed by atoms with Gasteiger partial charge in [-0.15, -0.1) is 0 Å². The number of aryl methyl sites for hydroxylation is 1. The van der Waals surface area contributed by atoms with Gasteiger partial charge in [0.15, 0.2) is 0 Å². The largest absolute Gasteiger partial charge is 0.327 e. The normalized spacial score (nSPS) is 16.5. The van der Waals surface area contributed by atoms with Gasteiger partial charge in [-0.1, -0.05) is 24.3 Å². The Kier molecular flexibility index (Phi) is 7.18. The summed E-state index contributed by atoms with van der Waals surface area (Å²) in [6, 6.07) is 19.2. The molecule has 1 saturated carbocycles. The number of hydrogen-bond acceptors (Lipinski definition) is 7. The quantitative estimate of drug-likeness (QED) is 0.269. The van der Waals surface area contributed by atoms with E-state index < -0.39 is 11.2 Å². The van der Waals surface area contributed by atoms with Gasteiger partial charge in [-0.2, -0.15) is 10.4 Å². The summed E-state index contributed by atoms with van der Waals surface area (Å²) >= 11 is 0. The third-order valence-electron chi connectivity index (χ3n) is 9.16. The molecule has 3 heterocycles. The van der Waals surface area contributed by atoms with E-state index in [9.17, 15) is 19.2 Å². The van der Waals surface area contributed by atoms with Crippen LogP contribution in [0.4, 0.5) is 4.39 Å². The Morgan fingerprint density at radius 1 is 1.11 bits per heavy atom. The molecular weight excluding hydrogens is 569 g/mol. The van der Waals surface area contributed by atoms with Crippen molar-refractivity contribution >= 4 is 16.7 Å². The van der Waals surface area contributed by atoms with Crippen molar-refractivity contribution < 1.29 is 9.18 Å². The number of nitriles is 1. The summed E-state index contributed by atoms with van der Waals surface area (Å²) in [4.78, 5) is 38.5. The van der Waals surface area contributed by atoms with E-state index in [2.05, 4.69) is 27.3 Å². The summed E-state index contributed by atoms with van der Waals surface area (Å²) < 4.78 is 14.7. The Labute approximate surface area is 258 Å². The number of nitrogens with one attached hydrogen (secondary N) is 1. The maximum atomic E-state index is 14.8. The molecule has 1 amide bonds. The number of H-pyrrole nitrogens is 1. The first kappa shape index (κ1) is 28.5. The zero-order valence-electron chi connectivity index (χ0n) is 24.5. The lowest BCUT2D eigenvalue weighted by atomic mass is 9.87. The molecule has 7 rings (SSSR count). The van der Waals surface area contributed by atoms with E-state index in [-0.39, 0.29) is 41.7 Å². The van der Waals surface area contributed by atoms with Gasteiger partial charge in [-0.3, -0.25) is 19.6 Å². The van der Waals surface area contributed by atoms with Gasteiger partial charge in [0, 0.05) is 35.5 Å². The van der Waals surface area contributed by atoms with Crippen LogP contribution in [0.2, 0.25) is 0 Å². The zero-order valence-corrected chi connectivity index (χ0v) is 24.5. The summed E-state index contributed by atoms with van der Waals surface area (Å²) in [7, 11) is 0. The number of rotatable bonds is 7. The van der Waals surface area contributed by atoms with Gasteiger partial charge in [0.05, 0.1) is 52.1 Å². The van der Waals surface area contributed by atoms with Gasteiger partial charge in [0.1, 0.15) is 5.82 Å². The van der Waals surface area contributed by atoms with E-state index in [1.54, 1.807) is 36.7 Å². The van der Waals surface area contributed by atoms with Crippen LogP contribution in [0, 0.1) is 17.1 Å². The molecule has 2 aliphatic rings. The molecule has 1 unspecified atom stereocenters. The number of amides is 1. The van der Waals surface area contributed by atoms with Gasteiger partial charge >= 0.3 is 0 Å². The van der Waals surface area contributed by atoms with E-state index in [0.717, 1.165) is 36.1 Å². The van der Waals surface area contributed by atoms with Crippen molar-refractivity contribution in [3.63, 3.8) is 0 Å². The van der Waals surface area contributed by atoms with Crippen molar-refractivity contribution in [2.24, 2.45) is 5.73 Å². The number of hydrogen-bond donors (Lipinski definition) is 2. The minimum Gasteiger partial charge on any atom is -0.327 e. The highest BCUT2D eigenvalue weighted by Gasteiger charge is 2.54. The summed E-state index contributed by atoms with van der Waals surface area (Å²) in [5, 5.41) is 17.3. The molecule has 5 aromatic rings. The van der Waals surface area contributed by atoms with Crippen LogP contribution >= 0.6 is 0 Å². The first-order valence-electron chi connectivity index (χ1n) is 15.0. The smallest absolute Gasteiger partial charge is 0.272 e. The molecule has 224 valence electrons. The summed E-state index contributed by atoms with van der Waals surface area (Å²) in [5.41, 5.74) is 9.86. The molecular formula is C35H30FN7O2. The third-order valence-corrected chi connectivity index (χ3v) is 9.16. The van der Waals surface area contributed by atoms with Crippen LogP contribution in [0.1, 0.15) is 65.5 Å². The molecule has 9 nitrogen and oxygen atoms in total. The second-order valence-corrected chi connectivity index (χ2v) is 11.7. The number of benzene rings is 2. The maximum Gasteiger partial charge on any atom is 0.272 e. The lowest BCUT2D eigenvalue weighted by Crippen LogP contribution is -2.43. The first-order valence-corrected chi connectivity index (χ1v) is 15.0. The average Bonchev–Trinajstić information content (AvgIpc) is 3.89. The number of carbonyl (C=O) groups excluding carboxylic acids is 1. The Bertz CT molecular complexity index is 2050. The second-order valence-electron chi connectivity index (χ2n) is 11.7. The molecule has 2 aromatic carbocycles. The lowest BCUT2D eigenvalue weighted by Gasteiger charge is -2.37. The number of halogens is 1. The summed E-state index contributed by atoms with van der Waals surface area (Å²) in [6.07, 6.45) is 7.24. The maximum absolute atomic E-state index is 14.8. The Morgan fingerprint density at radius 2 is 1.98 bits per heavy atom. The molecule has 0 aliphatic heterocycles. The zero-order chi connectivity index (χ0) is 31.1. The molecule has 10 heteroatoms. The summed E-state index contributed by atoms with van der Waals surface area (Å²) in [5.74, 6) is -0.518. The molecule has 1 fully saturated rings. The van der Waals surface area contributed by atoms with Gasteiger partial charge in [0.25, 0.3) is 5.56 Å². The van der Waals surface area contributed by atoms with Crippen LogP contribution in [-0.2, 0) is 29.7 Å². The van der Waals surface area contributed by atoms with E-state index in [1.807, 2.05) is 23.1 Å². The van der Waals surface area contributed by atoms with Crippen molar-refractivity contribution in [1.82, 2.24) is 25.1 Å². The van der Waals surface area contributed by atoms with E-state index in [0.29, 0.717) is 40.6 Å². The van der Waals surface area contributed by atoms with Crippen LogP contribution < -0.4 is 11.3 Å². The van der Waals surface area contributed by atoms with Gasteiger partial charge in [0.2, 0.25) is 5.91 Å². The van der Waals surface area contributed by atoms with Crippen LogP contribution in [0.3, 0.4) is 0 Å². The topological polar surface area (TPSA) is 142 Å². The number of aromatic nitrogens is 4. The molecule has 3 aromatic heterocycles. The predicted molar refractivity (Wildman–Crippen MR) is 166 cm³/mol. The third kappa shape index (κ3) is 4.95. The molecule has 1 atom stereocenters. The Morgan fingerprint density at radius 3 is 2.73 bits per heavy atom. The highest BCUT2D eigenvalue weighted by Crippen LogP contribution is 2.52. The number of carbonyl (C=O) groups is 1. The fraction of sp³-hybridized carbons (Fsp3) is 0.257. The highest BCUT2D eigenvalue weighted by molar-refractivity contribution is 5.94. The fourth-order valence-electron chi connectivity index (χ4n) is 6.66. The van der Waals surface area contributed by atoms with Crippen molar-refractivity contribution in [1.29, 1.82) is 5.26 Å².